The first-order chi connectivity index (χ1) is 13.8. The number of aryl methyl sites for hydroxylation is 1. The molecular weight excluding hydrogens is 429 g/mol. The van der Waals surface area contributed by atoms with Crippen molar-refractivity contribution in [2.75, 3.05) is 6.54 Å². The second-order valence-corrected chi connectivity index (χ2v) is 8.77. The lowest BCUT2D eigenvalue weighted by atomic mass is 10.1. The van der Waals surface area contributed by atoms with Crippen molar-refractivity contribution in [2.45, 2.75) is 40.3 Å². The Labute approximate surface area is 186 Å². The normalized spacial score (nSPS) is 11.4. The smallest absolute Gasteiger partial charge is 0.254 e. The van der Waals surface area contributed by atoms with E-state index in [1.807, 2.05) is 23.1 Å². The zero-order valence-corrected chi connectivity index (χ0v) is 19.0. The van der Waals surface area contributed by atoms with Crippen LogP contribution in [0.5, 0.6) is 0 Å². The third-order valence-corrected chi connectivity index (χ3v) is 5.58. The Kier molecular flexibility index (Phi) is 7.10. The molecule has 1 aromatic heterocycles. The largest absolute Gasteiger partial charge is 0.331 e. The maximum Gasteiger partial charge on any atom is 0.254 e. The van der Waals surface area contributed by atoms with Gasteiger partial charge in [0.2, 0.25) is 0 Å². The molecule has 29 heavy (non-hydrogen) atoms. The third-order valence-electron chi connectivity index (χ3n) is 4.61. The SMILES string of the molecule is CCCn1c(CN(CC(C)C)C(=O)c2ccc(Cl)c(Cl)c2)nc2ccc(Cl)cc21. The second kappa shape index (κ2) is 9.38. The van der Waals surface area contributed by atoms with Crippen molar-refractivity contribution in [3.63, 3.8) is 0 Å². The molecule has 0 aliphatic rings. The number of halogens is 3. The zero-order chi connectivity index (χ0) is 21.1. The van der Waals surface area contributed by atoms with Gasteiger partial charge in [-0.2, -0.15) is 0 Å². The van der Waals surface area contributed by atoms with E-state index in [9.17, 15) is 4.79 Å². The quantitative estimate of drug-likeness (QED) is 0.400. The Hall–Kier alpha value is -1.75. The average molecular weight is 453 g/mol. The Morgan fingerprint density at radius 2 is 1.86 bits per heavy atom. The Bertz CT molecular complexity index is 1030. The van der Waals surface area contributed by atoms with Crippen molar-refractivity contribution in [3.8, 4) is 0 Å². The number of rotatable bonds is 7. The number of hydrogen-bond donors (Lipinski definition) is 0. The maximum absolute atomic E-state index is 13.3. The lowest BCUT2D eigenvalue weighted by Crippen LogP contribution is -2.34. The molecule has 154 valence electrons. The fraction of sp³-hybridized carbons (Fsp3) is 0.364. The number of aromatic nitrogens is 2. The van der Waals surface area contributed by atoms with Crippen LogP contribution in [0.2, 0.25) is 15.1 Å². The fourth-order valence-corrected chi connectivity index (χ4v) is 3.85. The van der Waals surface area contributed by atoms with E-state index in [2.05, 4.69) is 25.3 Å². The van der Waals surface area contributed by atoms with Crippen LogP contribution < -0.4 is 0 Å². The van der Waals surface area contributed by atoms with Gasteiger partial charge in [-0.05, 0) is 48.7 Å². The van der Waals surface area contributed by atoms with Crippen LogP contribution in [0.15, 0.2) is 36.4 Å². The van der Waals surface area contributed by atoms with Crippen LogP contribution in [0.3, 0.4) is 0 Å². The van der Waals surface area contributed by atoms with Crippen LogP contribution in [0, 0.1) is 5.92 Å². The van der Waals surface area contributed by atoms with Gasteiger partial charge in [0.15, 0.2) is 0 Å². The van der Waals surface area contributed by atoms with Gasteiger partial charge in [-0.1, -0.05) is 55.6 Å². The molecule has 7 heteroatoms. The van der Waals surface area contributed by atoms with E-state index >= 15 is 0 Å². The predicted molar refractivity (Wildman–Crippen MR) is 121 cm³/mol. The van der Waals surface area contributed by atoms with Crippen LogP contribution in [0.1, 0.15) is 43.4 Å². The van der Waals surface area contributed by atoms with E-state index in [1.165, 1.54) is 0 Å². The van der Waals surface area contributed by atoms with Crippen molar-refractivity contribution in [1.82, 2.24) is 14.5 Å². The minimum atomic E-state index is -0.0922. The molecule has 1 amide bonds. The molecule has 1 heterocycles. The molecule has 0 spiro atoms. The average Bonchev–Trinajstić information content (AvgIpc) is 2.99. The molecule has 4 nitrogen and oxygen atoms in total. The minimum Gasteiger partial charge on any atom is -0.331 e. The summed E-state index contributed by atoms with van der Waals surface area (Å²) in [5, 5.41) is 1.47. The summed E-state index contributed by atoms with van der Waals surface area (Å²) < 4.78 is 2.15. The number of carbonyl (C=O) groups is 1. The Morgan fingerprint density at radius 3 is 2.52 bits per heavy atom. The number of fused-ring (bicyclic) bond motifs is 1. The summed E-state index contributed by atoms with van der Waals surface area (Å²) in [6.45, 7) is 8.11. The standard InChI is InChI=1S/C22H24Cl3N3O/c1-4-9-28-20-11-16(23)6-8-19(20)26-21(28)13-27(12-14(2)3)22(29)15-5-7-17(24)18(25)10-15/h5-8,10-11,14H,4,9,12-13H2,1-3H3. The number of carbonyl (C=O) groups excluding carboxylic acids is 1. The minimum absolute atomic E-state index is 0.0922. The van der Waals surface area contributed by atoms with E-state index in [-0.39, 0.29) is 5.91 Å². The van der Waals surface area contributed by atoms with E-state index in [0.717, 1.165) is 29.8 Å². The van der Waals surface area contributed by atoms with Crippen molar-refractivity contribution < 1.29 is 4.79 Å². The first kappa shape index (κ1) is 21.9. The highest BCUT2D eigenvalue weighted by molar-refractivity contribution is 6.42. The van der Waals surface area contributed by atoms with E-state index in [4.69, 9.17) is 39.8 Å². The molecule has 0 fully saturated rings. The Morgan fingerprint density at radius 1 is 1.10 bits per heavy atom. The van der Waals surface area contributed by atoms with E-state index in [0.29, 0.717) is 39.6 Å². The number of imidazole rings is 1. The van der Waals surface area contributed by atoms with Crippen molar-refractivity contribution in [1.29, 1.82) is 0 Å². The summed E-state index contributed by atoms with van der Waals surface area (Å²) in [6, 6.07) is 10.7. The molecule has 0 saturated carbocycles. The first-order valence-corrected chi connectivity index (χ1v) is 10.8. The highest BCUT2D eigenvalue weighted by atomic mass is 35.5. The van der Waals surface area contributed by atoms with Crippen LogP contribution in [0.25, 0.3) is 11.0 Å². The van der Waals surface area contributed by atoms with Gasteiger partial charge in [0, 0.05) is 23.7 Å². The van der Waals surface area contributed by atoms with Crippen molar-refractivity contribution in [2.24, 2.45) is 5.92 Å². The van der Waals surface area contributed by atoms with E-state index < -0.39 is 0 Å². The summed E-state index contributed by atoms with van der Waals surface area (Å²) in [6.07, 6.45) is 0.954. The molecule has 0 radical (unpaired) electrons. The lowest BCUT2D eigenvalue weighted by molar-refractivity contribution is 0.0716. The molecule has 3 rings (SSSR count). The molecule has 3 aromatic rings. The molecule has 0 aliphatic carbocycles. The lowest BCUT2D eigenvalue weighted by Gasteiger charge is -2.25. The monoisotopic (exact) mass is 451 g/mol. The van der Waals surface area contributed by atoms with Gasteiger partial charge in [-0.15, -0.1) is 0 Å². The van der Waals surface area contributed by atoms with Gasteiger partial charge in [0.25, 0.3) is 5.91 Å². The molecule has 0 unspecified atom stereocenters. The topological polar surface area (TPSA) is 38.1 Å². The Balaban J connectivity index is 1.99. The molecular formula is C22H24Cl3N3O. The molecule has 0 atom stereocenters. The summed E-state index contributed by atoms with van der Waals surface area (Å²) in [4.78, 5) is 19.9. The zero-order valence-electron chi connectivity index (χ0n) is 16.8. The maximum atomic E-state index is 13.3. The predicted octanol–water partition coefficient (Wildman–Crippen LogP) is 6.70. The van der Waals surface area contributed by atoms with Gasteiger partial charge < -0.3 is 9.47 Å². The van der Waals surface area contributed by atoms with Crippen LogP contribution in [0.4, 0.5) is 0 Å². The first-order valence-electron chi connectivity index (χ1n) is 9.69. The molecule has 0 bridgehead atoms. The van der Waals surface area contributed by atoms with Gasteiger partial charge in [-0.3, -0.25) is 4.79 Å². The van der Waals surface area contributed by atoms with Crippen LogP contribution in [-0.4, -0.2) is 26.9 Å². The fourth-order valence-electron chi connectivity index (χ4n) is 3.38. The van der Waals surface area contributed by atoms with Crippen molar-refractivity contribution in [3.05, 3.63) is 62.9 Å². The highest BCUT2D eigenvalue weighted by Gasteiger charge is 2.21. The number of benzene rings is 2. The highest BCUT2D eigenvalue weighted by Crippen LogP contribution is 2.25. The summed E-state index contributed by atoms with van der Waals surface area (Å²) >= 11 is 18.3. The second-order valence-electron chi connectivity index (χ2n) is 7.52. The van der Waals surface area contributed by atoms with Gasteiger partial charge in [-0.25, -0.2) is 4.98 Å². The summed E-state index contributed by atoms with van der Waals surface area (Å²) in [5.41, 5.74) is 2.38. The number of hydrogen-bond acceptors (Lipinski definition) is 2. The van der Waals surface area contributed by atoms with Crippen LogP contribution in [-0.2, 0) is 13.1 Å². The summed E-state index contributed by atoms with van der Waals surface area (Å²) in [5.74, 6) is 1.06. The molecule has 2 aromatic carbocycles. The molecule has 0 aliphatic heterocycles. The van der Waals surface area contributed by atoms with Crippen molar-refractivity contribution >= 4 is 51.7 Å². The van der Waals surface area contributed by atoms with Crippen LogP contribution >= 0.6 is 34.8 Å². The third kappa shape index (κ3) is 5.06. The number of amides is 1. The van der Waals surface area contributed by atoms with E-state index in [1.54, 1.807) is 18.2 Å². The van der Waals surface area contributed by atoms with Gasteiger partial charge in [0.1, 0.15) is 5.82 Å². The van der Waals surface area contributed by atoms with Gasteiger partial charge >= 0.3 is 0 Å². The van der Waals surface area contributed by atoms with Gasteiger partial charge in [0.05, 0.1) is 27.6 Å². The molecule has 0 N–H and O–H groups in total. The molecule has 0 saturated heterocycles. The summed E-state index contributed by atoms with van der Waals surface area (Å²) in [7, 11) is 0. The number of nitrogens with zero attached hydrogens (tertiary/aromatic N) is 3.